The van der Waals surface area contributed by atoms with E-state index in [0.29, 0.717) is 19.6 Å². The van der Waals surface area contributed by atoms with Gasteiger partial charge in [-0.2, -0.15) is 0 Å². The lowest BCUT2D eigenvalue weighted by Crippen LogP contribution is -2.28. The van der Waals surface area contributed by atoms with Crippen LogP contribution in [0.3, 0.4) is 0 Å². The fraction of sp³-hybridized carbons (Fsp3) is 0.962. The second-order valence-corrected chi connectivity index (χ2v) is 11.6. The van der Waals surface area contributed by atoms with Gasteiger partial charge in [0.2, 0.25) is 0 Å². The van der Waals surface area contributed by atoms with Crippen LogP contribution < -0.4 is 0 Å². The van der Waals surface area contributed by atoms with Crippen molar-refractivity contribution >= 4 is 13.6 Å². The number of hydrogen-bond donors (Lipinski definition) is 1. The number of ether oxygens (including phenoxy) is 2. The smallest absolute Gasteiger partial charge is 0.328 e. The van der Waals surface area contributed by atoms with Gasteiger partial charge >= 0.3 is 13.6 Å². The predicted octanol–water partition coefficient (Wildman–Crippen LogP) is 6.57. The van der Waals surface area contributed by atoms with Crippen LogP contribution in [0, 0.1) is 0 Å². The van der Waals surface area contributed by atoms with Crippen molar-refractivity contribution in [3.8, 4) is 0 Å². The van der Waals surface area contributed by atoms with Crippen LogP contribution in [0.2, 0.25) is 0 Å². The maximum absolute atomic E-state index is 12.2. The Morgan fingerprint density at radius 2 is 1.35 bits per heavy atom. The minimum absolute atomic E-state index is 0.0828. The van der Waals surface area contributed by atoms with Crippen molar-refractivity contribution in [1.29, 1.82) is 0 Å². The molecule has 0 bridgehead atoms. The molecule has 7 nitrogen and oxygen atoms in total. The molecular weight excluding hydrogens is 453 g/mol. The highest BCUT2D eigenvalue weighted by atomic mass is 31.2. The van der Waals surface area contributed by atoms with Crippen molar-refractivity contribution in [2.45, 2.75) is 116 Å². The number of carbonyl (C=O) groups excluding carboxylic acids is 1. The van der Waals surface area contributed by atoms with Crippen LogP contribution in [0.15, 0.2) is 0 Å². The maximum atomic E-state index is 12.2. The molecular formula is C26H54NO6P. The zero-order valence-corrected chi connectivity index (χ0v) is 23.5. The van der Waals surface area contributed by atoms with Gasteiger partial charge < -0.3 is 23.8 Å². The van der Waals surface area contributed by atoms with Gasteiger partial charge in [0.1, 0.15) is 6.10 Å². The quantitative estimate of drug-likeness (QED) is 0.0849. The third kappa shape index (κ3) is 23.3. The Hall–Kier alpha value is -0.460. The molecule has 0 rings (SSSR count). The predicted molar refractivity (Wildman–Crippen MR) is 141 cm³/mol. The van der Waals surface area contributed by atoms with Crippen LogP contribution >= 0.6 is 7.60 Å². The van der Waals surface area contributed by atoms with Crippen molar-refractivity contribution in [2.75, 3.05) is 46.6 Å². The first kappa shape index (κ1) is 33.5. The number of carbonyl (C=O) groups is 1. The summed E-state index contributed by atoms with van der Waals surface area (Å²) >= 11 is 0. The van der Waals surface area contributed by atoms with Gasteiger partial charge in [-0.15, -0.1) is 0 Å². The van der Waals surface area contributed by atoms with Crippen LogP contribution in [-0.2, 0) is 23.4 Å². The van der Waals surface area contributed by atoms with Gasteiger partial charge in [-0.3, -0.25) is 9.36 Å². The Kier molecular flexibility index (Phi) is 22.7. The molecule has 2 atom stereocenters. The molecule has 0 aliphatic heterocycles. The summed E-state index contributed by atoms with van der Waals surface area (Å²) in [6.07, 6.45) is 17.1. The van der Waals surface area contributed by atoms with Crippen LogP contribution in [0.1, 0.15) is 110 Å². The second-order valence-electron chi connectivity index (χ2n) is 9.60. The number of nitrogens with zero attached hydrogens (tertiary/aromatic N) is 1. The zero-order chi connectivity index (χ0) is 25.5. The summed E-state index contributed by atoms with van der Waals surface area (Å²) in [6, 6.07) is 0. The Balaban J connectivity index is 3.85. The highest BCUT2D eigenvalue weighted by molar-refractivity contribution is 7.52. The summed E-state index contributed by atoms with van der Waals surface area (Å²) in [5.41, 5.74) is 0. The van der Waals surface area contributed by atoms with Gasteiger partial charge in [-0.1, -0.05) is 90.9 Å². The molecule has 0 saturated heterocycles. The highest BCUT2D eigenvalue weighted by Crippen LogP contribution is 2.42. The van der Waals surface area contributed by atoms with E-state index in [1.165, 1.54) is 70.6 Å². The van der Waals surface area contributed by atoms with Crippen molar-refractivity contribution in [2.24, 2.45) is 0 Å². The van der Waals surface area contributed by atoms with Crippen LogP contribution in [0.5, 0.6) is 0 Å². The molecule has 8 heteroatoms. The van der Waals surface area contributed by atoms with Crippen molar-refractivity contribution in [3.63, 3.8) is 0 Å². The number of hydrogen-bond acceptors (Lipinski definition) is 6. The molecule has 0 aromatic heterocycles. The van der Waals surface area contributed by atoms with E-state index in [2.05, 4.69) is 6.92 Å². The summed E-state index contributed by atoms with van der Waals surface area (Å²) in [5, 5.41) is 0. The second kappa shape index (κ2) is 23.0. The van der Waals surface area contributed by atoms with E-state index in [0.717, 1.165) is 12.8 Å². The Morgan fingerprint density at radius 3 is 1.85 bits per heavy atom. The standard InChI is InChI=1S/C26H54NO6P/c1-5-7-8-9-10-11-12-13-14-15-16-17-18-21-31-23-25(33-26(28)6-2)24-32-34(29,30)22-19-20-27(3)4/h25H,5-24H2,1-4H3,(H,29,30). The minimum Gasteiger partial charge on any atom is -0.457 e. The topological polar surface area (TPSA) is 85.3 Å². The van der Waals surface area contributed by atoms with Crippen molar-refractivity contribution < 1.29 is 28.3 Å². The molecule has 0 fully saturated rings. The van der Waals surface area contributed by atoms with Crippen LogP contribution in [0.25, 0.3) is 0 Å². The number of esters is 1. The van der Waals surface area contributed by atoms with Gasteiger partial charge in [0, 0.05) is 13.0 Å². The minimum atomic E-state index is -3.70. The molecule has 0 spiro atoms. The average Bonchev–Trinajstić information content (AvgIpc) is 2.79. The Labute approximate surface area is 209 Å². The molecule has 0 radical (unpaired) electrons. The van der Waals surface area contributed by atoms with Crippen molar-refractivity contribution in [1.82, 2.24) is 4.90 Å². The van der Waals surface area contributed by atoms with Gasteiger partial charge in [0.15, 0.2) is 0 Å². The molecule has 0 amide bonds. The normalized spacial score (nSPS) is 14.3. The van der Waals surface area contributed by atoms with E-state index in [4.69, 9.17) is 14.0 Å². The molecule has 0 heterocycles. The summed E-state index contributed by atoms with van der Waals surface area (Å²) in [7, 11) is 0.127. The lowest BCUT2D eigenvalue weighted by Gasteiger charge is -2.20. The molecule has 0 aromatic rings. The van der Waals surface area contributed by atoms with Gasteiger partial charge in [-0.05, 0) is 33.5 Å². The Morgan fingerprint density at radius 1 is 0.824 bits per heavy atom. The van der Waals surface area contributed by atoms with E-state index in [1.807, 2.05) is 19.0 Å². The molecule has 0 aliphatic carbocycles. The lowest BCUT2D eigenvalue weighted by atomic mass is 10.0. The summed E-state index contributed by atoms with van der Waals surface area (Å²) in [4.78, 5) is 23.6. The van der Waals surface area contributed by atoms with Gasteiger partial charge in [-0.25, -0.2) is 0 Å². The first-order chi connectivity index (χ1) is 16.3. The number of rotatable bonds is 25. The van der Waals surface area contributed by atoms with E-state index in [1.54, 1.807) is 6.92 Å². The molecule has 2 unspecified atom stereocenters. The van der Waals surface area contributed by atoms with E-state index in [9.17, 15) is 14.3 Å². The molecule has 0 aliphatic rings. The average molecular weight is 508 g/mol. The maximum Gasteiger partial charge on any atom is 0.328 e. The fourth-order valence-electron chi connectivity index (χ4n) is 3.67. The molecule has 1 N–H and O–H groups in total. The largest absolute Gasteiger partial charge is 0.457 e. The molecule has 204 valence electrons. The molecule has 34 heavy (non-hydrogen) atoms. The van der Waals surface area contributed by atoms with Gasteiger partial charge in [0.05, 0.1) is 19.4 Å². The third-order valence-electron chi connectivity index (χ3n) is 5.79. The molecule has 0 saturated carbocycles. The first-order valence-corrected chi connectivity index (χ1v) is 15.4. The zero-order valence-electron chi connectivity index (χ0n) is 22.6. The van der Waals surface area contributed by atoms with E-state index < -0.39 is 13.7 Å². The van der Waals surface area contributed by atoms with Crippen LogP contribution in [-0.4, -0.2) is 68.5 Å². The lowest BCUT2D eigenvalue weighted by molar-refractivity contribution is -0.153. The number of unbranched alkanes of at least 4 members (excludes halogenated alkanes) is 12. The SMILES string of the molecule is CCCCCCCCCCCCCCCOCC(COP(=O)(O)CCCN(C)C)OC(=O)CC. The third-order valence-corrected chi connectivity index (χ3v) is 7.22. The van der Waals surface area contributed by atoms with Crippen molar-refractivity contribution in [3.05, 3.63) is 0 Å². The van der Waals surface area contributed by atoms with Crippen LogP contribution in [0.4, 0.5) is 0 Å². The summed E-state index contributed by atoms with van der Waals surface area (Å²) < 4.78 is 28.4. The summed E-state index contributed by atoms with van der Waals surface area (Å²) in [6.45, 7) is 5.34. The highest BCUT2D eigenvalue weighted by Gasteiger charge is 2.23. The van der Waals surface area contributed by atoms with E-state index in [-0.39, 0.29) is 31.8 Å². The summed E-state index contributed by atoms with van der Waals surface area (Å²) in [5.74, 6) is -0.362. The molecule has 0 aromatic carbocycles. The Bertz CT molecular complexity index is 518. The van der Waals surface area contributed by atoms with E-state index >= 15 is 0 Å². The van der Waals surface area contributed by atoms with Gasteiger partial charge in [0.25, 0.3) is 0 Å². The fourth-order valence-corrected chi connectivity index (χ4v) is 4.74. The monoisotopic (exact) mass is 507 g/mol. The first-order valence-electron chi connectivity index (χ1n) is 13.7.